The molecule has 3 saturated heterocycles. The van der Waals surface area contributed by atoms with E-state index in [1.807, 2.05) is 18.2 Å². The van der Waals surface area contributed by atoms with Crippen molar-refractivity contribution >= 4 is 61.2 Å². The van der Waals surface area contributed by atoms with E-state index in [1.165, 1.54) is 15.3 Å². The number of fused-ring (bicyclic) bond motifs is 2. The first-order valence-electron chi connectivity index (χ1n) is 21.1. The SMILES string of the molecule is Cc1cc(S(=O)(=O)N2CCC(CN(C)C3CCN(c4cccc5c4n(C)c(=O)n5C4CCC(=O)NC4=O)CC3)CC2)ccc1Nc1ncc2cc(C(F)F)c(=O)n(C(C)C)c2n1. The molecular weight excluding hydrogens is 823 g/mol. The highest BCUT2D eigenvalue weighted by atomic mass is 32.2. The van der Waals surface area contributed by atoms with E-state index in [2.05, 4.69) is 37.4 Å². The fourth-order valence-corrected chi connectivity index (χ4v) is 10.9. The number of alkyl halides is 2. The maximum Gasteiger partial charge on any atom is 0.329 e. The highest BCUT2D eigenvalue weighted by molar-refractivity contribution is 7.89. The fourth-order valence-electron chi connectivity index (χ4n) is 9.38. The Labute approximate surface area is 357 Å². The average molecular weight is 875 g/mol. The summed E-state index contributed by atoms with van der Waals surface area (Å²) in [7, 11) is 0.0922. The summed E-state index contributed by atoms with van der Waals surface area (Å²) in [6.45, 7) is 8.46. The molecule has 3 aliphatic heterocycles. The normalized spacial score (nSPS) is 18.8. The van der Waals surface area contributed by atoms with Gasteiger partial charge in [0, 0.05) is 75.5 Å². The Morgan fingerprint density at radius 1 is 0.968 bits per heavy atom. The molecule has 19 heteroatoms. The van der Waals surface area contributed by atoms with Crippen LogP contribution >= 0.6 is 0 Å². The minimum atomic E-state index is -3.77. The molecule has 6 heterocycles. The van der Waals surface area contributed by atoms with Crippen molar-refractivity contribution in [1.29, 1.82) is 0 Å². The maximum atomic E-state index is 13.8. The molecule has 2 aromatic carbocycles. The molecule has 0 aliphatic carbocycles. The first-order valence-corrected chi connectivity index (χ1v) is 22.5. The maximum absolute atomic E-state index is 13.8. The summed E-state index contributed by atoms with van der Waals surface area (Å²) < 4.78 is 60.8. The summed E-state index contributed by atoms with van der Waals surface area (Å²) in [4.78, 5) is 64.5. The summed E-state index contributed by atoms with van der Waals surface area (Å²) in [5, 5.41) is 5.77. The minimum Gasteiger partial charge on any atom is -0.370 e. The summed E-state index contributed by atoms with van der Waals surface area (Å²) in [6, 6.07) is 10.9. The Balaban J connectivity index is 0.866. The Bertz CT molecular complexity index is 2790. The van der Waals surface area contributed by atoms with Crippen molar-refractivity contribution in [3.05, 3.63) is 80.6 Å². The van der Waals surface area contributed by atoms with Gasteiger partial charge in [-0.15, -0.1) is 0 Å². The molecule has 3 aromatic heterocycles. The van der Waals surface area contributed by atoms with Crippen LogP contribution in [0.5, 0.6) is 0 Å². The van der Waals surface area contributed by atoms with E-state index in [0.29, 0.717) is 47.2 Å². The van der Waals surface area contributed by atoms with E-state index in [0.717, 1.165) is 62.6 Å². The van der Waals surface area contributed by atoms with Crippen LogP contribution in [0, 0.1) is 12.8 Å². The number of rotatable bonds is 11. The van der Waals surface area contributed by atoms with Gasteiger partial charge in [-0.2, -0.15) is 9.29 Å². The third-order valence-corrected chi connectivity index (χ3v) is 14.7. The minimum absolute atomic E-state index is 0.136. The lowest BCUT2D eigenvalue weighted by atomic mass is 9.95. The third kappa shape index (κ3) is 8.01. The van der Waals surface area contributed by atoms with Crippen molar-refractivity contribution in [2.75, 3.05) is 50.0 Å². The number of nitrogens with one attached hydrogen (secondary N) is 2. The van der Waals surface area contributed by atoms with Crippen LogP contribution < -0.4 is 26.8 Å². The monoisotopic (exact) mass is 874 g/mol. The molecule has 16 nitrogen and oxygen atoms in total. The third-order valence-electron chi connectivity index (χ3n) is 12.8. The number of aryl methyl sites for hydroxylation is 2. The molecule has 0 spiro atoms. The molecule has 0 radical (unpaired) electrons. The first kappa shape index (κ1) is 43.1. The summed E-state index contributed by atoms with van der Waals surface area (Å²) in [6.07, 6.45) is 2.22. The number of imidazole rings is 1. The van der Waals surface area contributed by atoms with Gasteiger partial charge in [-0.05, 0) is 108 Å². The van der Waals surface area contributed by atoms with E-state index in [4.69, 9.17) is 0 Å². The van der Waals surface area contributed by atoms with Crippen LogP contribution in [0.4, 0.5) is 26.1 Å². The molecule has 1 unspecified atom stereocenters. The van der Waals surface area contributed by atoms with Gasteiger partial charge in [-0.3, -0.25) is 33.4 Å². The molecule has 8 rings (SSSR count). The highest BCUT2D eigenvalue weighted by Gasteiger charge is 2.34. The van der Waals surface area contributed by atoms with Gasteiger partial charge in [0.2, 0.25) is 27.8 Å². The number of sulfonamides is 1. The second kappa shape index (κ2) is 17.0. The highest BCUT2D eigenvalue weighted by Crippen LogP contribution is 2.33. The van der Waals surface area contributed by atoms with Crippen LogP contribution in [0.2, 0.25) is 0 Å². The number of carbonyl (C=O) groups is 2. The van der Waals surface area contributed by atoms with E-state index in [-0.39, 0.29) is 40.9 Å². The number of halogens is 2. The molecule has 0 bridgehead atoms. The first-order chi connectivity index (χ1) is 29.5. The number of imide groups is 1. The number of para-hydroxylation sites is 1. The fraction of sp³-hybridized carbons (Fsp3) is 0.488. The number of pyridine rings is 1. The zero-order chi connectivity index (χ0) is 44.2. The number of aromatic nitrogens is 5. The lowest BCUT2D eigenvalue weighted by Gasteiger charge is -2.40. The van der Waals surface area contributed by atoms with Gasteiger partial charge in [-0.1, -0.05) is 6.07 Å². The molecule has 3 fully saturated rings. The van der Waals surface area contributed by atoms with Gasteiger partial charge in [0.1, 0.15) is 11.7 Å². The molecule has 330 valence electrons. The molecule has 62 heavy (non-hydrogen) atoms. The largest absolute Gasteiger partial charge is 0.370 e. The number of carbonyl (C=O) groups excluding carboxylic acids is 2. The van der Waals surface area contributed by atoms with E-state index in [9.17, 15) is 36.4 Å². The van der Waals surface area contributed by atoms with Crippen LogP contribution in [-0.2, 0) is 26.7 Å². The number of nitrogens with zero attached hydrogens (tertiary/aromatic N) is 8. The summed E-state index contributed by atoms with van der Waals surface area (Å²) in [5.74, 6) is -0.307. The number of amides is 2. The van der Waals surface area contributed by atoms with Crippen molar-refractivity contribution in [3.8, 4) is 0 Å². The van der Waals surface area contributed by atoms with Gasteiger partial charge in [0.25, 0.3) is 12.0 Å². The van der Waals surface area contributed by atoms with Crippen molar-refractivity contribution in [2.45, 2.75) is 88.7 Å². The second-order valence-corrected chi connectivity index (χ2v) is 19.0. The number of benzene rings is 2. The van der Waals surface area contributed by atoms with Gasteiger partial charge in [0.05, 0.1) is 27.2 Å². The zero-order valence-electron chi connectivity index (χ0n) is 35.5. The van der Waals surface area contributed by atoms with Gasteiger partial charge in [-0.25, -0.2) is 27.0 Å². The summed E-state index contributed by atoms with van der Waals surface area (Å²) >= 11 is 0. The van der Waals surface area contributed by atoms with E-state index in [1.54, 1.807) is 54.9 Å². The molecular formula is C43H52F2N10O6S. The number of piperidine rings is 3. The smallest absolute Gasteiger partial charge is 0.329 e. The van der Waals surface area contributed by atoms with Crippen LogP contribution in [0.3, 0.4) is 0 Å². The average Bonchev–Trinajstić information content (AvgIpc) is 3.49. The Kier molecular flexibility index (Phi) is 11.8. The van der Waals surface area contributed by atoms with Crippen LogP contribution in [-0.4, -0.2) is 98.9 Å². The van der Waals surface area contributed by atoms with Crippen molar-refractivity contribution in [3.63, 3.8) is 0 Å². The lowest BCUT2D eigenvalue weighted by Crippen LogP contribution is -2.46. The van der Waals surface area contributed by atoms with Crippen molar-refractivity contribution < 1.29 is 26.8 Å². The van der Waals surface area contributed by atoms with E-state index >= 15 is 0 Å². The molecule has 2 amide bonds. The van der Waals surface area contributed by atoms with Gasteiger partial charge in [0.15, 0.2) is 0 Å². The van der Waals surface area contributed by atoms with E-state index < -0.39 is 45.6 Å². The Morgan fingerprint density at radius 3 is 2.35 bits per heavy atom. The molecule has 2 N–H and O–H groups in total. The standard InChI is InChI=1S/C43H52F2N10O6S/c1-25(2)54-39-28(22-31(38(44)45)41(54)58)23-46-42(49-39)47-32-10-9-30(21-26(32)3)62(60,61)53-19-13-27(14-20-53)24-50(4)29-15-17-52(18-16-29)33-7-6-8-34-37(33)51(5)43(59)55(34)35-11-12-36(56)48-40(35)57/h6-10,21-23,25,27,29,35,38H,11-20,24H2,1-5H3,(H,46,47,49)(H,48,56,57). The van der Waals surface area contributed by atoms with Gasteiger partial charge >= 0.3 is 5.69 Å². The molecule has 3 aliphatic rings. The van der Waals surface area contributed by atoms with Crippen LogP contribution in [0.1, 0.15) is 82.0 Å². The zero-order valence-corrected chi connectivity index (χ0v) is 36.3. The lowest BCUT2D eigenvalue weighted by molar-refractivity contribution is -0.135. The van der Waals surface area contributed by atoms with Crippen molar-refractivity contribution in [2.24, 2.45) is 13.0 Å². The number of hydrogen-bond acceptors (Lipinski definition) is 11. The molecule has 1 atom stereocenters. The topological polar surface area (TPSA) is 177 Å². The Hall–Kier alpha value is -5.53. The summed E-state index contributed by atoms with van der Waals surface area (Å²) in [5.41, 5.74) is 2.08. The van der Waals surface area contributed by atoms with Crippen LogP contribution in [0.25, 0.3) is 22.1 Å². The second-order valence-electron chi connectivity index (χ2n) is 17.1. The van der Waals surface area contributed by atoms with Crippen molar-refractivity contribution in [1.82, 2.24) is 38.2 Å². The quantitative estimate of drug-likeness (QED) is 0.171. The van der Waals surface area contributed by atoms with Gasteiger partial charge < -0.3 is 15.1 Å². The predicted octanol–water partition coefficient (Wildman–Crippen LogP) is 4.99. The van der Waals surface area contributed by atoms with Crippen LogP contribution in [0.15, 0.2) is 63.1 Å². The number of hydrogen-bond donors (Lipinski definition) is 2. The molecule has 5 aromatic rings. The molecule has 0 saturated carbocycles. The number of anilines is 3. The predicted molar refractivity (Wildman–Crippen MR) is 232 cm³/mol. The Morgan fingerprint density at radius 2 is 1.69 bits per heavy atom.